The van der Waals surface area contributed by atoms with Crippen LogP contribution < -0.4 is 10.9 Å². The Morgan fingerprint density at radius 1 is 1.38 bits per heavy atom. The summed E-state index contributed by atoms with van der Waals surface area (Å²) in [6.07, 6.45) is 0.824. The maximum absolute atomic E-state index is 12.9. The number of nitrogens with one attached hydrogen (secondary N) is 2. The van der Waals surface area contributed by atoms with Crippen molar-refractivity contribution in [3.05, 3.63) is 56.2 Å². The van der Waals surface area contributed by atoms with Gasteiger partial charge >= 0.3 is 0 Å². The molecule has 0 spiro atoms. The van der Waals surface area contributed by atoms with Gasteiger partial charge in [-0.15, -0.1) is 11.3 Å². The second-order valence-corrected chi connectivity index (χ2v) is 6.71. The molecular weight excluding hydrogens is 349 g/mol. The first-order valence-electron chi connectivity index (χ1n) is 7.29. The van der Waals surface area contributed by atoms with E-state index in [1.54, 1.807) is 0 Å². The number of anilines is 1. The molecule has 0 saturated heterocycles. The molecule has 0 radical (unpaired) electrons. The Bertz CT molecular complexity index is 1020. The summed E-state index contributed by atoms with van der Waals surface area (Å²) < 4.78 is 14.3. The van der Waals surface area contributed by atoms with Crippen LogP contribution >= 0.6 is 23.6 Å². The van der Waals surface area contributed by atoms with Gasteiger partial charge in [-0.2, -0.15) is 0 Å². The quantitative estimate of drug-likeness (QED) is 0.698. The van der Waals surface area contributed by atoms with Gasteiger partial charge in [0, 0.05) is 10.6 Å². The number of benzene rings is 1. The van der Waals surface area contributed by atoms with Crippen molar-refractivity contribution in [2.45, 2.75) is 19.9 Å². The Balaban J connectivity index is 1.89. The molecule has 0 bridgehead atoms. The maximum Gasteiger partial charge on any atom is 0.263 e. The summed E-state index contributed by atoms with van der Waals surface area (Å²) in [5.41, 5.74) is 0.160. The minimum absolute atomic E-state index is 0.200. The number of thiophene rings is 1. The number of carbonyl (C=O) groups is 1. The van der Waals surface area contributed by atoms with E-state index in [-0.39, 0.29) is 22.7 Å². The zero-order chi connectivity index (χ0) is 17.3. The molecule has 24 heavy (non-hydrogen) atoms. The highest BCUT2D eigenvalue weighted by molar-refractivity contribution is 7.71. The average Bonchev–Trinajstić information content (AvgIpc) is 2.97. The zero-order valence-electron chi connectivity index (χ0n) is 12.8. The Labute approximate surface area is 145 Å². The van der Waals surface area contributed by atoms with Gasteiger partial charge in [0.25, 0.3) is 5.56 Å². The Hall–Kier alpha value is -2.32. The summed E-state index contributed by atoms with van der Waals surface area (Å²) in [5.74, 6) is -0.796. The topological polar surface area (TPSA) is 66.9 Å². The maximum atomic E-state index is 12.9. The summed E-state index contributed by atoms with van der Waals surface area (Å²) in [6.45, 7) is 1.80. The summed E-state index contributed by atoms with van der Waals surface area (Å²) in [4.78, 5) is 29.5. The normalized spacial score (nSPS) is 10.9. The molecule has 8 heteroatoms. The van der Waals surface area contributed by atoms with Crippen molar-refractivity contribution < 1.29 is 9.18 Å². The van der Waals surface area contributed by atoms with Crippen molar-refractivity contribution in [2.75, 3.05) is 5.32 Å². The second kappa shape index (κ2) is 6.66. The van der Waals surface area contributed by atoms with Gasteiger partial charge in [0.05, 0.1) is 5.39 Å². The van der Waals surface area contributed by atoms with Crippen molar-refractivity contribution in [3.8, 4) is 0 Å². The lowest BCUT2D eigenvalue weighted by Gasteiger charge is -2.08. The average molecular weight is 363 g/mol. The lowest BCUT2D eigenvalue weighted by atomic mass is 10.3. The van der Waals surface area contributed by atoms with E-state index in [1.807, 2.05) is 13.0 Å². The van der Waals surface area contributed by atoms with Gasteiger partial charge in [-0.1, -0.05) is 6.92 Å². The molecular formula is C16H14FN3O2S2. The summed E-state index contributed by atoms with van der Waals surface area (Å²) in [7, 11) is 0. The van der Waals surface area contributed by atoms with Gasteiger partial charge in [0.2, 0.25) is 5.91 Å². The van der Waals surface area contributed by atoms with E-state index in [0.29, 0.717) is 11.1 Å². The summed E-state index contributed by atoms with van der Waals surface area (Å²) in [6, 6.07) is 7.22. The van der Waals surface area contributed by atoms with Crippen LogP contribution in [0.15, 0.2) is 35.1 Å². The van der Waals surface area contributed by atoms with Crippen molar-refractivity contribution in [3.63, 3.8) is 0 Å². The molecule has 0 fully saturated rings. The van der Waals surface area contributed by atoms with Gasteiger partial charge in [-0.05, 0) is 49.0 Å². The van der Waals surface area contributed by atoms with E-state index in [2.05, 4.69) is 10.3 Å². The number of aryl methyl sites for hydroxylation is 1. The van der Waals surface area contributed by atoms with Gasteiger partial charge in [-0.3, -0.25) is 14.2 Å². The third kappa shape index (κ3) is 3.29. The lowest BCUT2D eigenvalue weighted by Crippen LogP contribution is -2.28. The summed E-state index contributed by atoms with van der Waals surface area (Å²) >= 11 is 6.68. The van der Waals surface area contributed by atoms with Gasteiger partial charge < -0.3 is 10.3 Å². The molecule has 2 aromatic heterocycles. The van der Waals surface area contributed by atoms with Crippen LogP contribution in [-0.4, -0.2) is 15.5 Å². The fraction of sp³-hybridized carbons (Fsp3) is 0.188. The van der Waals surface area contributed by atoms with E-state index in [0.717, 1.165) is 16.1 Å². The van der Waals surface area contributed by atoms with Gasteiger partial charge in [0.15, 0.2) is 4.77 Å². The molecule has 3 aromatic rings. The molecule has 2 N–H and O–H groups in total. The second-order valence-electron chi connectivity index (χ2n) is 5.19. The number of aromatic nitrogens is 2. The molecule has 0 aliphatic heterocycles. The SMILES string of the molecule is CCc1cc2c(=O)n(CC(=O)Nc3ccc(F)cc3)c(=S)[nH]c2s1. The number of halogens is 1. The Morgan fingerprint density at radius 2 is 2.08 bits per heavy atom. The van der Waals surface area contributed by atoms with E-state index in [4.69, 9.17) is 12.2 Å². The minimum Gasteiger partial charge on any atom is -0.325 e. The molecule has 3 rings (SSSR count). The number of nitrogens with zero attached hydrogens (tertiary/aromatic N) is 1. The van der Waals surface area contributed by atoms with E-state index in [1.165, 1.54) is 40.2 Å². The standard InChI is InChI=1S/C16H14FN3O2S2/c1-2-11-7-12-14(24-11)19-16(23)20(15(12)22)8-13(21)18-10-5-3-9(17)4-6-10/h3-7H,2,8H2,1H3,(H,18,21)(H,19,23). The largest absolute Gasteiger partial charge is 0.325 e. The molecule has 0 aliphatic rings. The van der Waals surface area contributed by atoms with Crippen molar-refractivity contribution >= 4 is 45.4 Å². The number of rotatable bonds is 4. The van der Waals surface area contributed by atoms with Crippen molar-refractivity contribution in [1.82, 2.24) is 9.55 Å². The fourth-order valence-electron chi connectivity index (χ4n) is 2.29. The van der Waals surface area contributed by atoms with Crippen LogP contribution in [-0.2, 0) is 17.8 Å². The third-order valence-electron chi connectivity index (χ3n) is 3.50. The summed E-state index contributed by atoms with van der Waals surface area (Å²) in [5, 5.41) is 3.14. The van der Waals surface area contributed by atoms with Gasteiger partial charge in [0.1, 0.15) is 17.2 Å². The molecule has 0 saturated carbocycles. The fourth-order valence-corrected chi connectivity index (χ4v) is 3.59. The van der Waals surface area contributed by atoms with E-state index < -0.39 is 5.91 Å². The monoisotopic (exact) mass is 363 g/mol. The van der Waals surface area contributed by atoms with Crippen LogP contribution in [0.1, 0.15) is 11.8 Å². The van der Waals surface area contributed by atoms with Crippen LogP contribution in [0.4, 0.5) is 10.1 Å². The number of fused-ring (bicyclic) bond motifs is 1. The molecule has 1 amide bonds. The minimum atomic E-state index is -0.409. The lowest BCUT2D eigenvalue weighted by molar-refractivity contribution is -0.116. The van der Waals surface area contributed by atoms with E-state index >= 15 is 0 Å². The highest BCUT2D eigenvalue weighted by Crippen LogP contribution is 2.21. The van der Waals surface area contributed by atoms with Crippen molar-refractivity contribution in [1.29, 1.82) is 0 Å². The number of hydrogen-bond donors (Lipinski definition) is 2. The Morgan fingerprint density at radius 3 is 2.75 bits per heavy atom. The molecule has 0 aliphatic carbocycles. The zero-order valence-corrected chi connectivity index (χ0v) is 14.4. The molecule has 0 unspecified atom stereocenters. The number of H-pyrrole nitrogens is 1. The first-order valence-corrected chi connectivity index (χ1v) is 8.51. The molecule has 2 heterocycles. The predicted octanol–water partition coefficient (Wildman–Crippen LogP) is 3.46. The highest BCUT2D eigenvalue weighted by atomic mass is 32.1. The van der Waals surface area contributed by atoms with Crippen LogP contribution in [0.3, 0.4) is 0 Å². The van der Waals surface area contributed by atoms with Crippen LogP contribution in [0.5, 0.6) is 0 Å². The molecule has 1 aromatic carbocycles. The number of carbonyl (C=O) groups excluding carboxylic acids is 1. The van der Waals surface area contributed by atoms with Crippen LogP contribution in [0.25, 0.3) is 10.2 Å². The number of aromatic amines is 1. The smallest absolute Gasteiger partial charge is 0.263 e. The molecule has 0 atom stereocenters. The van der Waals surface area contributed by atoms with E-state index in [9.17, 15) is 14.0 Å². The first kappa shape index (κ1) is 16.5. The number of amides is 1. The first-order chi connectivity index (χ1) is 11.5. The molecule has 124 valence electrons. The number of hydrogen-bond acceptors (Lipinski definition) is 4. The van der Waals surface area contributed by atoms with Crippen molar-refractivity contribution in [2.24, 2.45) is 0 Å². The Kier molecular flexibility index (Phi) is 4.59. The highest BCUT2D eigenvalue weighted by Gasteiger charge is 2.12. The van der Waals surface area contributed by atoms with Crippen LogP contribution in [0, 0.1) is 10.6 Å². The van der Waals surface area contributed by atoms with Gasteiger partial charge in [-0.25, -0.2) is 4.39 Å². The van der Waals surface area contributed by atoms with Crippen LogP contribution in [0.2, 0.25) is 0 Å². The third-order valence-corrected chi connectivity index (χ3v) is 5.02. The molecule has 5 nitrogen and oxygen atoms in total. The predicted molar refractivity (Wildman–Crippen MR) is 95.7 cm³/mol.